The molecule has 5 heteroatoms. The van der Waals surface area contributed by atoms with Gasteiger partial charge in [-0.05, 0) is 35.2 Å². The van der Waals surface area contributed by atoms with Crippen LogP contribution in [0.5, 0.6) is 0 Å². The van der Waals surface area contributed by atoms with Crippen molar-refractivity contribution in [2.45, 2.75) is 45.4 Å². The van der Waals surface area contributed by atoms with Gasteiger partial charge in [-0.15, -0.1) is 0 Å². The Morgan fingerprint density at radius 3 is 2.53 bits per heavy atom. The molecule has 1 heterocycles. The van der Waals surface area contributed by atoms with Crippen molar-refractivity contribution >= 4 is 27.6 Å². The SMILES string of the molecule is CCNc1ncnc(NCCC2CCCCC2)c1Br. The van der Waals surface area contributed by atoms with E-state index >= 15 is 0 Å². The quantitative estimate of drug-likeness (QED) is 0.827. The van der Waals surface area contributed by atoms with E-state index < -0.39 is 0 Å². The van der Waals surface area contributed by atoms with Crippen LogP contribution in [0, 0.1) is 5.92 Å². The molecule has 0 unspecified atom stereocenters. The fourth-order valence-corrected chi connectivity index (χ4v) is 3.14. The first kappa shape index (κ1) is 14.6. The third-order valence-electron chi connectivity index (χ3n) is 3.70. The summed E-state index contributed by atoms with van der Waals surface area (Å²) in [6.45, 7) is 3.91. The number of aromatic nitrogens is 2. The van der Waals surface area contributed by atoms with Gasteiger partial charge >= 0.3 is 0 Å². The molecule has 4 nitrogen and oxygen atoms in total. The maximum absolute atomic E-state index is 4.29. The monoisotopic (exact) mass is 326 g/mol. The van der Waals surface area contributed by atoms with Crippen molar-refractivity contribution < 1.29 is 0 Å². The molecular weight excluding hydrogens is 304 g/mol. The van der Waals surface area contributed by atoms with Gasteiger partial charge in [-0.2, -0.15) is 0 Å². The van der Waals surface area contributed by atoms with Crippen LogP contribution in [0.1, 0.15) is 45.4 Å². The normalized spacial score (nSPS) is 16.3. The molecule has 1 saturated carbocycles. The molecule has 0 aromatic carbocycles. The van der Waals surface area contributed by atoms with Crippen LogP contribution >= 0.6 is 15.9 Å². The zero-order valence-corrected chi connectivity index (χ0v) is 13.2. The van der Waals surface area contributed by atoms with Crippen molar-refractivity contribution in [3.8, 4) is 0 Å². The number of hydrogen-bond donors (Lipinski definition) is 2. The highest BCUT2D eigenvalue weighted by Crippen LogP contribution is 2.28. The molecule has 2 N–H and O–H groups in total. The van der Waals surface area contributed by atoms with E-state index in [2.05, 4.69) is 43.5 Å². The maximum Gasteiger partial charge on any atom is 0.145 e. The lowest BCUT2D eigenvalue weighted by atomic mass is 9.87. The highest BCUT2D eigenvalue weighted by atomic mass is 79.9. The molecule has 1 aromatic rings. The Hall–Kier alpha value is -0.840. The first-order valence-corrected chi connectivity index (χ1v) is 8.08. The van der Waals surface area contributed by atoms with Gasteiger partial charge in [-0.3, -0.25) is 0 Å². The fourth-order valence-electron chi connectivity index (χ4n) is 2.65. The summed E-state index contributed by atoms with van der Waals surface area (Å²) in [6, 6.07) is 0. The summed E-state index contributed by atoms with van der Waals surface area (Å²) in [5.74, 6) is 2.65. The zero-order chi connectivity index (χ0) is 13.5. The predicted molar refractivity (Wildman–Crippen MR) is 83.6 cm³/mol. The van der Waals surface area contributed by atoms with E-state index in [0.29, 0.717) is 0 Å². The van der Waals surface area contributed by atoms with Gasteiger partial charge in [-0.1, -0.05) is 32.1 Å². The Bertz CT molecular complexity index is 391. The highest BCUT2D eigenvalue weighted by molar-refractivity contribution is 9.10. The van der Waals surface area contributed by atoms with Crippen molar-refractivity contribution in [3.05, 3.63) is 10.8 Å². The molecule has 0 spiro atoms. The number of hydrogen-bond acceptors (Lipinski definition) is 4. The van der Waals surface area contributed by atoms with E-state index in [4.69, 9.17) is 0 Å². The van der Waals surface area contributed by atoms with Gasteiger partial charge in [0.1, 0.15) is 22.4 Å². The van der Waals surface area contributed by atoms with E-state index in [1.165, 1.54) is 38.5 Å². The zero-order valence-electron chi connectivity index (χ0n) is 11.6. The van der Waals surface area contributed by atoms with Crippen molar-refractivity contribution in [1.29, 1.82) is 0 Å². The Labute approximate surface area is 123 Å². The van der Waals surface area contributed by atoms with Crippen molar-refractivity contribution in [1.82, 2.24) is 9.97 Å². The lowest BCUT2D eigenvalue weighted by Gasteiger charge is -2.21. The summed E-state index contributed by atoms with van der Waals surface area (Å²) in [7, 11) is 0. The van der Waals surface area contributed by atoms with Gasteiger partial charge in [0.2, 0.25) is 0 Å². The molecule has 2 rings (SSSR count). The lowest BCUT2D eigenvalue weighted by Crippen LogP contribution is -2.13. The van der Waals surface area contributed by atoms with Crippen LogP contribution < -0.4 is 10.6 Å². The molecule has 0 saturated heterocycles. The van der Waals surface area contributed by atoms with Crippen molar-refractivity contribution in [3.63, 3.8) is 0 Å². The first-order valence-electron chi connectivity index (χ1n) is 7.29. The van der Waals surface area contributed by atoms with Gasteiger partial charge in [0, 0.05) is 13.1 Å². The van der Waals surface area contributed by atoms with Crippen LogP contribution in [0.15, 0.2) is 10.8 Å². The van der Waals surface area contributed by atoms with Crippen LogP contribution in [-0.4, -0.2) is 23.1 Å². The highest BCUT2D eigenvalue weighted by Gasteiger charge is 2.13. The summed E-state index contributed by atoms with van der Waals surface area (Å²) >= 11 is 3.56. The average Bonchev–Trinajstić information content (AvgIpc) is 2.44. The number of rotatable bonds is 6. The van der Waals surface area contributed by atoms with Crippen LogP contribution in [0.4, 0.5) is 11.6 Å². The average molecular weight is 327 g/mol. The minimum Gasteiger partial charge on any atom is -0.369 e. The topological polar surface area (TPSA) is 49.8 Å². The smallest absolute Gasteiger partial charge is 0.145 e. The van der Waals surface area contributed by atoms with E-state index in [1.54, 1.807) is 6.33 Å². The summed E-state index contributed by atoms with van der Waals surface area (Å²) in [4.78, 5) is 8.51. The predicted octanol–water partition coefficient (Wildman–Crippen LogP) is 4.05. The van der Waals surface area contributed by atoms with E-state index in [-0.39, 0.29) is 0 Å². The molecule has 0 radical (unpaired) electrons. The fraction of sp³-hybridized carbons (Fsp3) is 0.714. The summed E-state index contributed by atoms with van der Waals surface area (Å²) in [6.07, 6.45) is 9.88. The number of nitrogens with zero attached hydrogens (tertiary/aromatic N) is 2. The van der Waals surface area contributed by atoms with E-state index in [1.807, 2.05) is 0 Å². The molecule has 1 aliphatic rings. The lowest BCUT2D eigenvalue weighted by molar-refractivity contribution is 0.345. The van der Waals surface area contributed by atoms with Crippen molar-refractivity contribution in [2.24, 2.45) is 5.92 Å². The Morgan fingerprint density at radius 1 is 1.16 bits per heavy atom. The standard InChI is InChI=1S/C14H23BrN4/c1-2-16-13-12(15)14(19-10-18-13)17-9-8-11-6-4-3-5-7-11/h10-11H,2-9H2,1H3,(H2,16,17,18,19). The maximum atomic E-state index is 4.29. The van der Waals surface area contributed by atoms with E-state index in [9.17, 15) is 0 Å². The van der Waals surface area contributed by atoms with Crippen LogP contribution in [0.3, 0.4) is 0 Å². The second-order valence-electron chi connectivity index (χ2n) is 5.13. The molecule has 0 atom stereocenters. The Kier molecular flexibility index (Phi) is 5.89. The molecule has 0 amide bonds. The Morgan fingerprint density at radius 2 is 1.84 bits per heavy atom. The second kappa shape index (κ2) is 7.68. The summed E-state index contributed by atoms with van der Waals surface area (Å²) in [5, 5.41) is 6.64. The van der Waals surface area contributed by atoms with Gasteiger partial charge < -0.3 is 10.6 Å². The molecule has 1 aromatic heterocycles. The first-order chi connectivity index (χ1) is 9.31. The molecular formula is C14H23BrN4. The molecule has 1 fully saturated rings. The summed E-state index contributed by atoms with van der Waals surface area (Å²) in [5.41, 5.74) is 0. The van der Waals surface area contributed by atoms with E-state index in [0.717, 1.165) is 35.1 Å². The van der Waals surface area contributed by atoms with Crippen LogP contribution in [0.25, 0.3) is 0 Å². The number of nitrogens with one attached hydrogen (secondary N) is 2. The van der Waals surface area contributed by atoms with Gasteiger partial charge in [0.25, 0.3) is 0 Å². The van der Waals surface area contributed by atoms with Gasteiger partial charge in [0.05, 0.1) is 0 Å². The molecule has 0 aliphatic heterocycles. The number of halogens is 1. The van der Waals surface area contributed by atoms with Crippen LogP contribution in [0.2, 0.25) is 0 Å². The number of anilines is 2. The largest absolute Gasteiger partial charge is 0.369 e. The van der Waals surface area contributed by atoms with Gasteiger partial charge in [-0.25, -0.2) is 9.97 Å². The molecule has 19 heavy (non-hydrogen) atoms. The summed E-state index contributed by atoms with van der Waals surface area (Å²) < 4.78 is 0.931. The van der Waals surface area contributed by atoms with Crippen LogP contribution in [-0.2, 0) is 0 Å². The minimum atomic E-state index is 0.858. The Balaban J connectivity index is 1.83. The minimum absolute atomic E-state index is 0.858. The second-order valence-corrected chi connectivity index (χ2v) is 5.93. The molecule has 106 valence electrons. The third-order valence-corrected chi connectivity index (χ3v) is 4.45. The van der Waals surface area contributed by atoms with Gasteiger partial charge in [0.15, 0.2) is 0 Å². The molecule has 0 bridgehead atoms. The van der Waals surface area contributed by atoms with Crippen molar-refractivity contribution in [2.75, 3.05) is 23.7 Å². The third kappa shape index (κ3) is 4.34. The molecule has 1 aliphatic carbocycles.